The van der Waals surface area contributed by atoms with Gasteiger partial charge in [-0.25, -0.2) is 4.98 Å². The Balaban J connectivity index is -0.000000285. The van der Waals surface area contributed by atoms with Crippen LogP contribution < -0.4 is 0 Å². The van der Waals surface area contributed by atoms with Gasteiger partial charge in [0, 0.05) is 5.69 Å². The van der Waals surface area contributed by atoms with Crippen LogP contribution in [0.3, 0.4) is 0 Å². The van der Waals surface area contributed by atoms with Crippen LogP contribution in [0.4, 0.5) is 0 Å². The van der Waals surface area contributed by atoms with Crippen molar-refractivity contribution in [3.63, 3.8) is 0 Å². The average Bonchev–Trinajstić information content (AvgIpc) is 2.72. The van der Waals surface area contributed by atoms with Crippen LogP contribution in [-0.2, 0) is 0 Å². The highest BCUT2D eigenvalue weighted by molar-refractivity contribution is 5.49. The van der Waals surface area contributed by atoms with Gasteiger partial charge in [0.2, 0.25) is 0 Å². The molecule has 0 atom stereocenters. The van der Waals surface area contributed by atoms with Crippen LogP contribution >= 0.6 is 0 Å². The van der Waals surface area contributed by atoms with Crippen LogP contribution in [0.5, 0.6) is 0 Å². The van der Waals surface area contributed by atoms with E-state index in [4.69, 9.17) is 0 Å². The highest BCUT2D eigenvalue weighted by Crippen LogP contribution is 2.05. The lowest BCUT2D eigenvalue weighted by atomic mass is 10.3. The molecule has 1 rings (SSSR count). The van der Waals surface area contributed by atoms with Gasteiger partial charge < -0.3 is 4.98 Å². The number of nitrogens with one attached hydrogen (secondary N) is 1. The second-order valence-corrected chi connectivity index (χ2v) is 2.43. The predicted molar refractivity (Wildman–Crippen MR) is 81.3 cm³/mol. The molecule has 0 radical (unpaired) electrons. The Morgan fingerprint density at radius 1 is 1.00 bits per heavy atom. The molecule has 1 heterocycles. The fraction of sp³-hybridized carbons (Fsp3) is 0.533. The molecule has 0 spiro atoms. The van der Waals surface area contributed by atoms with E-state index in [2.05, 4.69) is 16.5 Å². The minimum atomic E-state index is 0.950. The van der Waals surface area contributed by atoms with Gasteiger partial charge in [-0.15, -0.1) is 0 Å². The number of nitrogens with zero attached hydrogens (tertiary/aromatic N) is 1. The zero-order valence-corrected chi connectivity index (χ0v) is 12.9. The number of aromatic nitrogens is 2. The van der Waals surface area contributed by atoms with E-state index < -0.39 is 0 Å². The van der Waals surface area contributed by atoms with Gasteiger partial charge in [-0.05, 0) is 19.9 Å². The Morgan fingerprint density at radius 2 is 1.47 bits per heavy atom. The first-order chi connectivity index (χ1) is 8.24. The predicted octanol–water partition coefficient (Wildman–Crippen LogP) is 5.30. The molecule has 100 valence electrons. The Labute approximate surface area is 108 Å². The van der Waals surface area contributed by atoms with Gasteiger partial charge >= 0.3 is 0 Å². The molecule has 0 fully saturated rings. The molecule has 0 amide bonds. The quantitative estimate of drug-likeness (QED) is 0.695. The maximum Gasteiger partial charge on any atom is 0.103 e. The van der Waals surface area contributed by atoms with Gasteiger partial charge in [-0.3, -0.25) is 0 Å². The van der Waals surface area contributed by atoms with Gasteiger partial charge in [0.25, 0.3) is 0 Å². The summed E-state index contributed by atoms with van der Waals surface area (Å²) in [7, 11) is 0. The van der Waals surface area contributed by atoms with Crippen molar-refractivity contribution in [2.24, 2.45) is 0 Å². The molecule has 2 heteroatoms. The topological polar surface area (TPSA) is 28.7 Å². The number of H-pyrrole nitrogens is 1. The highest BCUT2D eigenvalue weighted by Gasteiger charge is 1.97. The van der Waals surface area contributed by atoms with E-state index in [1.165, 1.54) is 0 Å². The summed E-state index contributed by atoms with van der Waals surface area (Å²) in [6.45, 7) is 19.5. The summed E-state index contributed by atoms with van der Waals surface area (Å²) in [6, 6.07) is 0. The third kappa shape index (κ3) is 11.0. The van der Waals surface area contributed by atoms with Crippen LogP contribution in [0.1, 0.15) is 58.8 Å². The first-order valence-corrected chi connectivity index (χ1v) is 6.56. The molecule has 17 heavy (non-hydrogen) atoms. The second-order valence-electron chi connectivity index (χ2n) is 2.43. The lowest BCUT2D eigenvalue weighted by molar-refractivity contribution is 1.13. The smallest absolute Gasteiger partial charge is 0.103 e. The molecule has 0 aliphatic carbocycles. The molecule has 1 aromatic rings. The van der Waals surface area contributed by atoms with E-state index in [-0.39, 0.29) is 0 Å². The summed E-state index contributed by atoms with van der Waals surface area (Å²) in [5, 5.41) is 0. The molecule has 0 aliphatic rings. The zero-order valence-electron chi connectivity index (χ0n) is 12.9. The zero-order chi connectivity index (χ0) is 14.3. The van der Waals surface area contributed by atoms with Crippen molar-refractivity contribution in [1.82, 2.24) is 9.97 Å². The third-order valence-electron chi connectivity index (χ3n) is 1.43. The van der Waals surface area contributed by atoms with Crippen molar-refractivity contribution in [3.05, 3.63) is 35.9 Å². The number of rotatable bonds is 2. The molecule has 0 aromatic carbocycles. The summed E-state index contributed by atoms with van der Waals surface area (Å²) in [4.78, 5) is 7.38. The lowest BCUT2D eigenvalue weighted by Crippen LogP contribution is -1.74. The molecule has 0 unspecified atom stereocenters. The fourth-order valence-corrected chi connectivity index (χ4v) is 0.949. The number of aryl methyl sites for hydroxylation is 2. The summed E-state index contributed by atoms with van der Waals surface area (Å²) in [5.74, 6) is 0.950. The van der Waals surface area contributed by atoms with Gasteiger partial charge in [0.05, 0.1) is 5.69 Å². The number of hydrogen-bond donors (Lipinski definition) is 1. The van der Waals surface area contributed by atoms with Gasteiger partial charge in [-0.2, -0.15) is 0 Å². The maximum absolute atomic E-state index is 4.26. The Kier molecular flexibility index (Phi) is 21.1. The third-order valence-corrected chi connectivity index (χ3v) is 1.43. The number of allylic oxidation sites excluding steroid dienone is 2. The van der Waals surface area contributed by atoms with Crippen molar-refractivity contribution >= 4 is 6.08 Å². The Hall–Kier alpha value is -1.31. The van der Waals surface area contributed by atoms with E-state index in [1.807, 2.05) is 67.5 Å². The van der Waals surface area contributed by atoms with E-state index in [9.17, 15) is 0 Å². The monoisotopic (exact) mass is 238 g/mol. The number of hydrogen-bond acceptors (Lipinski definition) is 1. The van der Waals surface area contributed by atoms with Crippen molar-refractivity contribution in [1.29, 1.82) is 0 Å². The highest BCUT2D eigenvalue weighted by atomic mass is 14.9. The normalized spacial score (nSPS) is 8.00. The molecule has 2 nitrogen and oxygen atoms in total. The first kappa shape index (κ1) is 21.0. The summed E-state index contributed by atoms with van der Waals surface area (Å²) in [6.07, 6.45) is 5.55. The molecule has 0 aliphatic heterocycles. The average molecular weight is 238 g/mol. The lowest BCUT2D eigenvalue weighted by Gasteiger charge is -1.83. The van der Waals surface area contributed by atoms with E-state index >= 15 is 0 Å². The number of aromatic amines is 1. The van der Waals surface area contributed by atoms with Gasteiger partial charge in [-0.1, -0.05) is 60.3 Å². The maximum atomic E-state index is 4.26. The molecule has 0 saturated carbocycles. The standard InChI is InChI=1S/C9H12N2.3C2H6/c1-4-5-6-9-7(2)10-8(3)11-9;3*1-2/h4-6H,1H2,2-3H3,(H,10,11);3*1-2H3/b6-5-;;;. The van der Waals surface area contributed by atoms with E-state index in [0.717, 1.165) is 17.2 Å². The van der Waals surface area contributed by atoms with E-state index in [0.29, 0.717) is 0 Å². The second kappa shape index (κ2) is 17.1. The van der Waals surface area contributed by atoms with Crippen LogP contribution in [0.25, 0.3) is 6.08 Å². The SMILES string of the molecule is C=C/C=C\c1nc(C)[nH]c1C.CC.CC.CC. The Morgan fingerprint density at radius 3 is 1.76 bits per heavy atom. The molecular formula is C15H30N2. The molecule has 0 saturated heterocycles. The van der Waals surface area contributed by atoms with E-state index in [1.54, 1.807) is 6.08 Å². The van der Waals surface area contributed by atoms with Crippen molar-refractivity contribution in [2.75, 3.05) is 0 Å². The Bertz CT molecular complexity index is 283. The number of imidazole rings is 1. The minimum absolute atomic E-state index is 0.950. The summed E-state index contributed by atoms with van der Waals surface area (Å²) >= 11 is 0. The minimum Gasteiger partial charge on any atom is -0.346 e. The van der Waals surface area contributed by atoms with Gasteiger partial charge in [0.1, 0.15) is 5.82 Å². The van der Waals surface area contributed by atoms with Crippen LogP contribution in [-0.4, -0.2) is 9.97 Å². The van der Waals surface area contributed by atoms with Crippen molar-refractivity contribution in [3.8, 4) is 0 Å². The molecule has 1 N–H and O–H groups in total. The molecule has 0 bridgehead atoms. The van der Waals surface area contributed by atoms with Crippen molar-refractivity contribution < 1.29 is 0 Å². The first-order valence-electron chi connectivity index (χ1n) is 6.56. The van der Waals surface area contributed by atoms with Crippen molar-refractivity contribution in [2.45, 2.75) is 55.4 Å². The largest absolute Gasteiger partial charge is 0.346 e. The summed E-state index contributed by atoms with van der Waals surface area (Å²) in [5.41, 5.74) is 2.09. The van der Waals surface area contributed by atoms with Crippen LogP contribution in [0.15, 0.2) is 18.7 Å². The molecular weight excluding hydrogens is 208 g/mol. The summed E-state index contributed by atoms with van der Waals surface area (Å²) < 4.78 is 0. The fourth-order valence-electron chi connectivity index (χ4n) is 0.949. The van der Waals surface area contributed by atoms with Gasteiger partial charge in [0.15, 0.2) is 0 Å². The van der Waals surface area contributed by atoms with Crippen LogP contribution in [0.2, 0.25) is 0 Å². The van der Waals surface area contributed by atoms with Crippen LogP contribution in [0, 0.1) is 13.8 Å². The molecule has 1 aromatic heterocycles.